The lowest BCUT2D eigenvalue weighted by Crippen LogP contribution is -2.25. The predicted octanol–water partition coefficient (Wildman–Crippen LogP) is 6.24. The first-order valence-corrected chi connectivity index (χ1v) is 11.0. The maximum Gasteiger partial charge on any atom is 0.251 e. The van der Waals surface area contributed by atoms with E-state index in [0.29, 0.717) is 12.1 Å². The van der Waals surface area contributed by atoms with Crippen LogP contribution in [0.25, 0.3) is 10.9 Å². The van der Waals surface area contributed by atoms with Crippen LogP contribution in [0.1, 0.15) is 38.3 Å². The van der Waals surface area contributed by atoms with E-state index in [1.807, 2.05) is 36.4 Å². The molecular weight excluding hydrogens is 404 g/mol. The molecular formula is C27H27ClN2O. The second-order valence-corrected chi connectivity index (χ2v) is 8.59. The summed E-state index contributed by atoms with van der Waals surface area (Å²) in [5.74, 6) is -0.0423. The van der Waals surface area contributed by atoms with E-state index in [0.717, 1.165) is 34.5 Å². The van der Waals surface area contributed by atoms with Crippen molar-refractivity contribution in [1.82, 2.24) is 9.88 Å². The van der Waals surface area contributed by atoms with Crippen molar-refractivity contribution in [2.24, 2.45) is 0 Å². The zero-order chi connectivity index (χ0) is 22.0. The number of nitrogens with one attached hydrogen (secondary N) is 1. The van der Waals surface area contributed by atoms with Gasteiger partial charge in [0.15, 0.2) is 0 Å². The van der Waals surface area contributed by atoms with Gasteiger partial charge in [-0.25, -0.2) is 0 Å². The maximum absolute atomic E-state index is 12.7. The number of nitrogens with zero attached hydrogens (tertiary/aromatic N) is 1. The van der Waals surface area contributed by atoms with Gasteiger partial charge in [0.1, 0.15) is 0 Å². The molecule has 0 unspecified atom stereocenters. The van der Waals surface area contributed by atoms with Crippen LogP contribution < -0.4 is 5.32 Å². The summed E-state index contributed by atoms with van der Waals surface area (Å²) in [6, 6.07) is 22.3. The lowest BCUT2D eigenvalue weighted by Gasteiger charge is -2.10. The molecule has 4 aromatic rings. The van der Waals surface area contributed by atoms with Gasteiger partial charge >= 0.3 is 0 Å². The van der Waals surface area contributed by atoms with Crippen LogP contribution in [-0.4, -0.2) is 17.0 Å². The van der Waals surface area contributed by atoms with E-state index in [2.05, 4.69) is 61.0 Å². The molecule has 3 nitrogen and oxygen atoms in total. The van der Waals surface area contributed by atoms with Crippen molar-refractivity contribution in [1.29, 1.82) is 0 Å². The highest BCUT2D eigenvalue weighted by Crippen LogP contribution is 2.27. The molecule has 0 aliphatic rings. The average molecular weight is 431 g/mol. The third-order valence-corrected chi connectivity index (χ3v) is 6.19. The van der Waals surface area contributed by atoms with Gasteiger partial charge in [-0.1, -0.05) is 53.6 Å². The van der Waals surface area contributed by atoms with E-state index in [1.165, 1.54) is 22.4 Å². The molecule has 158 valence electrons. The molecule has 1 aromatic heterocycles. The molecule has 0 spiro atoms. The average Bonchev–Trinajstić information content (AvgIpc) is 2.99. The largest absolute Gasteiger partial charge is 0.352 e. The zero-order valence-electron chi connectivity index (χ0n) is 18.2. The van der Waals surface area contributed by atoms with E-state index in [9.17, 15) is 4.79 Å². The number of aryl methyl sites for hydroxylation is 2. The molecule has 1 heterocycles. The van der Waals surface area contributed by atoms with E-state index in [4.69, 9.17) is 11.6 Å². The molecule has 0 saturated heterocycles. The Hall–Kier alpha value is -3.04. The fourth-order valence-electron chi connectivity index (χ4n) is 4.06. The van der Waals surface area contributed by atoms with Crippen molar-refractivity contribution in [3.63, 3.8) is 0 Å². The first kappa shape index (κ1) is 21.2. The summed E-state index contributed by atoms with van der Waals surface area (Å²) in [6.45, 7) is 7.81. The number of aromatic nitrogens is 1. The Bertz CT molecular complexity index is 1240. The topological polar surface area (TPSA) is 34.0 Å². The molecule has 0 saturated carbocycles. The van der Waals surface area contributed by atoms with Crippen molar-refractivity contribution >= 4 is 28.4 Å². The molecule has 4 heteroatoms. The zero-order valence-corrected chi connectivity index (χ0v) is 19.0. The first-order chi connectivity index (χ1) is 14.9. The Morgan fingerprint density at radius 1 is 0.935 bits per heavy atom. The van der Waals surface area contributed by atoms with Crippen LogP contribution in [0.15, 0.2) is 66.7 Å². The highest BCUT2D eigenvalue weighted by molar-refractivity contribution is 6.30. The highest BCUT2D eigenvalue weighted by atomic mass is 35.5. The van der Waals surface area contributed by atoms with Crippen LogP contribution in [0.2, 0.25) is 5.02 Å². The normalized spacial score (nSPS) is 11.1. The summed E-state index contributed by atoms with van der Waals surface area (Å²) in [4.78, 5) is 12.7. The Morgan fingerprint density at radius 3 is 2.45 bits per heavy atom. The number of carbonyl (C=O) groups is 1. The second-order valence-electron chi connectivity index (χ2n) is 8.15. The van der Waals surface area contributed by atoms with Crippen LogP contribution in [0, 0.1) is 20.8 Å². The van der Waals surface area contributed by atoms with Crippen molar-refractivity contribution in [2.45, 2.75) is 33.7 Å². The van der Waals surface area contributed by atoms with Gasteiger partial charge in [0.2, 0.25) is 0 Å². The number of carbonyl (C=O) groups excluding carboxylic acids is 1. The molecule has 1 N–H and O–H groups in total. The van der Waals surface area contributed by atoms with Gasteiger partial charge in [-0.3, -0.25) is 4.79 Å². The number of rotatable bonds is 6. The first-order valence-electron chi connectivity index (χ1n) is 10.6. The monoisotopic (exact) mass is 430 g/mol. The molecule has 1 amide bonds. The third-order valence-electron chi connectivity index (χ3n) is 5.94. The lowest BCUT2D eigenvalue weighted by molar-refractivity contribution is 0.0954. The lowest BCUT2D eigenvalue weighted by atomic mass is 10.1. The Balaban J connectivity index is 1.51. The Labute approximate surface area is 188 Å². The molecule has 0 aliphatic carbocycles. The summed E-state index contributed by atoms with van der Waals surface area (Å²) in [5.41, 5.74) is 8.01. The van der Waals surface area contributed by atoms with Crippen molar-refractivity contribution in [3.05, 3.63) is 105 Å². The van der Waals surface area contributed by atoms with E-state index in [1.54, 1.807) is 0 Å². The number of hydrogen-bond donors (Lipinski definition) is 1. The van der Waals surface area contributed by atoms with E-state index < -0.39 is 0 Å². The molecule has 0 atom stereocenters. The third kappa shape index (κ3) is 4.67. The minimum Gasteiger partial charge on any atom is -0.352 e. The predicted molar refractivity (Wildman–Crippen MR) is 129 cm³/mol. The number of amides is 1. The summed E-state index contributed by atoms with van der Waals surface area (Å²) in [6.07, 6.45) is 0.774. The number of halogens is 1. The minimum absolute atomic E-state index is 0.0423. The van der Waals surface area contributed by atoms with Gasteiger partial charge in [0.25, 0.3) is 5.91 Å². The van der Waals surface area contributed by atoms with E-state index >= 15 is 0 Å². The Kier molecular flexibility index (Phi) is 6.15. The summed E-state index contributed by atoms with van der Waals surface area (Å²) >= 11 is 5.93. The molecule has 0 bridgehead atoms. The molecule has 0 fully saturated rings. The number of fused-ring (bicyclic) bond motifs is 1. The van der Waals surface area contributed by atoms with Crippen LogP contribution in [0.5, 0.6) is 0 Å². The van der Waals surface area contributed by atoms with Gasteiger partial charge in [-0.15, -0.1) is 0 Å². The Morgan fingerprint density at radius 2 is 1.71 bits per heavy atom. The SMILES string of the molecule is Cc1cccc(Cn2c(C)c(C)c3cc(C(=O)NCCc4ccc(Cl)cc4)ccc32)c1. The molecule has 3 aromatic carbocycles. The van der Waals surface area contributed by atoms with Crippen molar-refractivity contribution < 1.29 is 4.79 Å². The van der Waals surface area contributed by atoms with Gasteiger partial charge < -0.3 is 9.88 Å². The van der Waals surface area contributed by atoms with Gasteiger partial charge in [0.05, 0.1) is 0 Å². The minimum atomic E-state index is -0.0423. The highest BCUT2D eigenvalue weighted by Gasteiger charge is 2.14. The molecule has 0 radical (unpaired) electrons. The summed E-state index contributed by atoms with van der Waals surface area (Å²) in [7, 11) is 0. The van der Waals surface area contributed by atoms with Crippen LogP contribution >= 0.6 is 11.6 Å². The van der Waals surface area contributed by atoms with Crippen LogP contribution in [0.4, 0.5) is 0 Å². The standard InChI is InChI=1S/C27H27ClN2O/c1-18-5-4-6-22(15-18)17-30-20(3)19(2)25-16-23(9-12-26(25)30)27(31)29-14-13-21-7-10-24(28)11-8-21/h4-12,15-16H,13-14,17H2,1-3H3,(H,29,31). The molecule has 31 heavy (non-hydrogen) atoms. The molecule has 4 rings (SSSR count). The van der Waals surface area contributed by atoms with Crippen molar-refractivity contribution in [2.75, 3.05) is 6.54 Å². The van der Waals surface area contributed by atoms with Crippen LogP contribution in [0.3, 0.4) is 0 Å². The van der Waals surface area contributed by atoms with Gasteiger partial charge in [0, 0.05) is 40.3 Å². The van der Waals surface area contributed by atoms with E-state index in [-0.39, 0.29) is 5.91 Å². The van der Waals surface area contributed by atoms with Gasteiger partial charge in [-0.05, 0) is 74.2 Å². The smallest absolute Gasteiger partial charge is 0.251 e. The van der Waals surface area contributed by atoms with Gasteiger partial charge in [-0.2, -0.15) is 0 Å². The fraction of sp³-hybridized carbons (Fsp3) is 0.222. The molecule has 0 aliphatic heterocycles. The fourth-order valence-corrected chi connectivity index (χ4v) is 4.19. The van der Waals surface area contributed by atoms with Crippen LogP contribution in [-0.2, 0) is 13.0 Å². The summed E-state index contributed by atoms with van der Waals surface area (Å²) in [5, 5.41) is 4.89. The quantitative estimate of drug-likeness (QED) is 0.386. The second kappa shape index (κ2) is 8.99. The maximum atomic E-state index is 12.7. The summed E-state index contributed by atoms with van der Waals surface area (Å²) < 4.78 is 2.33. The number of benzene rings is 3. The van der Waals surface area contributed by atoms with Crippen molar-refractivity contribution in [3.8, 4) is 0 Å². The number of hydrogen-bond acceptors (Lipinski definition) is 1.